The van der Waals surface area contributed by atoms with Gasteiger partial charge in [0, 0.05) is 30.9 Å². The number of carbonyl (C=O) groups is 1. The monoisotopic (exact) mass is 340 g/mol. The van der Waals surface area contributed by atoms with Crippen molar-refractivity contribution in [3.63, 3.8) is 0 Å². The Morgan fingerprint density at radius 2 is 2.00 bits per heavy atom. The van der Waals surface area contributed by atoms with E-state index in [0.717, 1.165) is 50.3 Å². The van der Waals surface area contributed by atoms with Gasteiger partial charge in [0.25, 0.3) is 0 Å². The van der Waals surface area contributed by atoms with E-state index < -0.39 is 0 Å². The Morgan fingerprint density at radius 1 is 1.20 bits per heavy atom. The van der Waals surface area contributed by atoms with Gasteiger partial charge >= 0.3 is 6.03 Å². The van der Waals surface area contributed by atoms with E-state index in [1.807, 2.05) is 24.3 Å². The third-order valence-electron chi connectivity index (χ3n) is 5.35. The van der Waals surface area contributed by atoms with Crippen LogP contribution in [0.2, 0.25) is 0 Å². The molecular weight excluding hydrogens is 316 g/mol. The summed E-state index contributed by atoms with van der Waals surface area (Å²) in [6.07, 6.45) is 6.75. The molecule has 1 N–H and O–H groups in total. The maximum atomic E-state index is 12.9. The number of benzene rings is 1. The highest BCUT2D eigenvalue weighted by atomic mass is 16.2. The van der Waals surface area contributed by atoms with Crippen LogP contribution in [-0.4, -0.2) is 62.5 Å². The maximum absolute atomic E-state index is 12.9. The number of urea groups is 1. The molecule has 1 aromatic carbocycles. The van der Waals surface area contributed by atoms with Gasteiger partial charge in [-0.2, -0.15) is 0 Å². The molecular formula is C18H24N6O. The first-order chi connectivity index (χ1) is 12.2. The van der Waals surface area contributed by atoms with E-state index in [9.17, 15) is 4.79 Å². The van der Waals surface area contributed by atoms with Crippen molar-refractivity contribution in [1.82, 2.24) is 24.8 Å². The molecule has 4 rings (SSSR count). The van der Waals surface area contributed by atoms with Crippen LogP contribution in [-0.2, 0) is 0 Å². The van der Waals surface area contributed by atoms with Gasteiger partial charge in [0.05, 0.1) is 18.1 Å². The molecule has 2 fully saturated rings. The Bertz CT molecular complexity index is 714. The Labute approximate surface area is 147 Å². The molecule has 1 aromatic heterocycles. The van der Waals surface area contributed by atoms with Crippen molar-refractivity contribution < 1.29 is 4.79 Å². The lowest BCUT2D eigenvalue weighted by Crippen LogP contribution is -2.45. The first-order valence-corrected chi connectivity index (χ1v) is 9.03. The Kier molecular flexibility index (Phi) is 4.40. The molecule has 2 aliphatic rings. The van der Waals surface area contributed by atoms with Gasteiger partial charge in [0.15, 0.2) is 0 Å². The minimum atomic E-state index is 0.0268. The number of amides is 2. The van der Waals surface area contributed by atoms with Crippen molar-refractivity contribution in [3.05, 3.63) is 36.7 Å². The minimum absolute atomic E-state index is 0.0268. The second-order valence-corrected chi connectivity index (χ2v) is 6.80. The summed E-state index contributed by atoms with van der Waals surface area (Å²) in [6.45, 7) is 5.34. The lowest BCUT2D eigenvalue weighted by atomic mass is 10.1. The normalized spacial score (nSPS) is 23.5. The molecule has 0 aliphatic carbocycles. The summed E-state index contributed by atoms with van der Waals surface area (Å²) >= 11 is 0. The molecule has 132 valence electrons. The van der Waals surface area contributed by atoms with Gasteiger partial charge < -0.3 is 15.1 Å². The lowest BCUT2D eigenvalue weighted by molar-refractivity contribution is 0.184. The smallest absolute Gasteiger partial charge is 0.317 e. The summed E-state index contributed by atoms with van der Waals surface area (Å²) in [4.78, 5) is 17.4. The zero-order chi connectivity index (χ0) is 17.2. The second-order valence-electron chi connectivity index (χ2n) is 6.80. The molecule has 2 amide bonds. The number of fused-ring (bicyclic) bond motifs is 2. The number of hydrogen-bond acceptors (Lipinski definition) is 4. The van der Waals surface area contributed by atoms with E-state index in [1.165, 1.54) is 0 Å². The molecule has 2 aromatic rings. The standard InChI is InChI=1S/C18H24N6O/c1-2-22-11-9-16-7-8-17(13-22)24(16)18(25)20-14-3-5-15(6-4-14)23-12-10-19-21-23/h3-6,10,12,16-17H,2,7-9,11,13H2,1H3,(H,20,25)/t16-,17+/m1/s1. The summed E-state index contributed by atoms with van der Waals surface area (Å²) < 4.78 is 1.69. The predicted molar refractivity (Wildman–Crippen MR) is 95.8 cm³/mol. The molecule has 7 heteroatoms. The molecule has 0 saturated carbocycles. The van der Waals surface area contributed by atoms with Crippen LogP contribution in [0.4, 0.5) is 10.5 Å². The van der Waals surface area contributed by atoms with Crippen LogP contribution in [0.5, 0.6) is 0 Å². The van der Waals surface area contributed by atoms with E-state index in [0.29, 0.717) is 12.1 Å². The molecule has 2 saturated heterocycles. The number of likely N-dealkylation sites (N-methyl/N-ethyl adjacent to an activating group) is 1. The fraction of sp³-hybridized carbons (Fsp3) is 0.500. The van der Waals surface area contributed by atoms with Crippen LogP contribution in [0.25, 0.3) is 5.69 Å². The summed E-state index contributed by atoms with van der Waals surface area (Å²) in [7, 11) is 0. The summed E-state index contributed by atoms with van der Waals surface area (Å²) in [5.74, 6) is 0. The third kappa shape index (κ3) is 3.24. The van der Waals surface area contributed by atoms with Crippen LogP contribution in [0.1, 0.15) is 26.2 Å². The Morgan fingerprint density at radius 3 is 2.72 bits per heavy atom. The summed E-state index contributed by atoms with van der Waals surface area (Å²) in [5, 5.41) is 10.8. The van der Waals surface area contributed by atoms with Crippen molar-refractivity contribution in [3.8, 4) is 5.69 Å². The van der Waals surface area contributed by atoms with Gasteiger partial charge in [-0.25, -0.2) is 9.48 Å². The fourth-order valence-electron chi connectivity index (χ4n) is 4.00. The number of aromatic nitrogens is 3. The molecule has 0 radical (unpaired) electrons. The van der Waals surface area contributed by atoms with E-state index in [1.54, 1.807) is 17.1 Å². The van der Waals surface area contributed by atoms with Gasteiger partial charge in [-0.1, -0.05) is 12.1 Å². The average Bonchev–Trinajstić information content (AvgIpc) is 3.23. The SMILES string of the molecule is CCN1CC[C@H]2CC[C@@H](C1)N2C(=O)Nc1ccc(-n2ccnn2)cc1. The van der Waals surface area contributed by atoms with Crippen LogP contribution in [0, 0.1) is 0 Å². The molecule has 2 bridgehead atoms. The highest BCUT2D eigenvalue weighted by Gasteiger charge is 2.39. The van der Waals surface area contributed by atoms with Gasteiger partial charge in [0.2, 0.25) is 0 Å². The molecule has 2 atom stereocenters. The quantitative estimate of drug-likeness (QED) is 0.931. The molecule has 25 heavy (non-hydrogen) atoms. The van der Waals surface area contributed by atoms with Gasteiger partial charge in [-0.3, -0.25) is 0 Å². The molecule has 7 nitrogen and oxygen atoms in total. The Hall–Kier alpha value is -2.41. The van der Waals surface area contributed by atoms with Crippen molar-refractivity contribution >= 4 is 11.7 Å². The summed E-state index contributed by atoms with van der Waals surface area (Å²) in [5.41, 5.74) is 1.73. The van der Waals surface area contributed by atoms with E-state index in [4.69, 9.17) is 0 Å². The van der Waals surface area contributed by atoms with Crippen LogP contribution >= 0.6 is 0 Å². The fourth-order valence-corrected chi connectivity index (χ4v) is 4.00. The molecule has 0 unspecified atom stereocenters. The van der Waals surface area contributed by atoms with Crippen molar-refractivity contribution in [2.75, 3.05) is 25.0 Å². The molecule has 3 heterocycles. The molecule has 0 spiro atoms. The van der Waals surface area contributed by atoms with Gasteiger partial charge in [0.1, 0.15) is 0 Å². The first kappa shape index (κ1) is 16.1. The van der Waals surface area contributed by atoms with Gasteiger partial charge in [-0.05, 0) is 50.1 Å². The highest BCUT2D eigenvalue weighted by Crippen LogP contribution is 2.30. The van der Waals surface area contributed by atoms with Crippen LogP contribution < -0.4 is 5.32 Å². The number of anilines is 1. The van der Waals surface area contributed by atoms with Crippen LogP contribution in [0.15, 0.2) is 36.7 Å². The number of hydrogen-bond donors (Lipinski definition) is 1. The van der Waals surface area contributed by atoms with Gasteiger partial charge in [-0.15, -0.1) is 5.10 Å². The van der Waals surface area contributed by atoms with E-state index >= 15 is 0 Å². The third-order valence-corrected chi connectivity index (χ3v) is 5.35. The van der Waals surface area contributed by atoms with Crippen molar-refractivity contribution in [1.29, 1.82) is 0 Å². The Balaban J connectivity index is 1.45. The van der Waals surface area contributed by atoms with Crippen LogP contribution in [0.3, 0.4) is 0 Å². The minimum Gasteiger partial charge on any atom is -0.317 e. The number of carbonyl (C=O) groups excluding carboxylic acids is 1. The number of likely N-dealkylation sites (tertiary alicyclic amines) is 1. The topological polar surface area (TPSA) is 66.3 Å². The number of nitrogens with one attached hydrogen (secondary N) is 1. The predicted octanol–water partition coefficient (Wildman–Crippen LogP) is 2.36. The largest absolute Gasteiger partial charge is 0.322 e. The lowest BCUT2D eigenvalue weighted by Gasteiger charge is -2.29. The zero-order valence-electron chi connectivity index (χ0n) is 14.5. The second kappa shape index (κ2) is 6.84. The number of rotatable bonds is 3. The average molecular weight is 340 g/mol. The molecule has 2 aliphatic heterocycles. The zero-order valence-corrected chi connectivity index (χ0v) is 14.5. The van der Waals surface area contributed by atoms with E-state index in [2.05, 4.69) is 32.4 Å². The first-order valence-electron chi connectivity index (χ1n) is 9.03. The summed E-state index contributed by atoms with van der Waals surface area (Å²) in [6, 6.07) is 8.41. The van der Waals surface area contributed by atoms with Crippen molar-refractivity contribution in [2.45, 2.75) is 38.3 Å². The van der Waals surface area contributed by atoms with Crippen molar-refractivity contribution in [2.24, 2.45) is 0 Å². The maximum Gasteiger partial charge on any atom is 0.322 e. The number of nitrogens with zero attached hydrogens (tertiary/aromatic N) is 5. The highest BCUT2D eigenvalue weighted by molar-refractivity contribution is 5.90. The van der Waals surface area contributed by atoms with E-state index in [-0.39, 0.29) is 6.03 Å².